The first-order valence-corrected chi connectivity index (χ1v) is 10.9. The molecule has 0 atom stereocenters. The maximum absolute atomic E-state index is 12.6. The Labute approximate surface area is 196 Å². The number of carbonyl (C=O) groups excluding carboxylic acids is 1. The minimum atomic E-state index is -0.395. The smallest absolute Gasteiger partial charge is 0.289 e. The normalized spacial score (nSPS) is 12.3. The number of rotatable bonds is 7. The number of hydrogen-bond acceptors (Lipinski definition) is 6. The van der Waals surface area contributed by atoms with Crippen molar-refractivity contribution in [1.29, 1.82) is 0 Å². The molecule has 0 saturated carbocycles. The zero-order valence-electron chi connectivity index (χ0n) is 19.1. The van der Waals surface area contributed by atoms with Crippen LogP contribution in [-0.2, 0) is 12.8 Å². The second-order valence-electron chi connectivity index (χ2n) is 7.94. The number of nitrogens with zero attached hydrogens (tertiary/aromatic N) is 2. The van der Waals surface area contributed by atoms with Crippen LogP contribution in [-0.4, -0.2) is 43.6 Å². The number of aromatic amines is 1. The summed E-state index contributed by atoms with van der Waals surface area (Å²) < 4.78 is 16.0. The number of aromatic nitrogens is 2. The topological polar surface area (TPSA) is 97.8 Å². The van der Waals surface area contributed by atoms with E-state index >= 15 is 0 Å². The number of methoxy groups -OCH3 is 3. The van der Waals surface area contributed by atoms with Gasteiger partial charge < -0.3 is 14.2 Å². The van der Waals surface area contributed by atoms with Gasteiger partial charge >= 0.3 is 0 Å². The number of hydrazone groups is 1. The molecule has 0 radical (unpaired) electrons. The van der Waals surface area contributed by atoms with Crippen molar-refractivity contribution < 1.29 is 19.0 Å². The van der Waals surface area contributed by atoms with Gasteiger partial charge in [0.15, 0.2) is 11.5 Å². The predicted octanol–water partition coefficient (Wildman–Crippen LogP) is 4.12. The van der Waals surface area contributed by atoms with Crippen LogP contribution in [0.1, 0.15) is 27.2 Å². The van der Waals surface area contributed by atoms with Crippen molar-refractivity contribution >= 4 is 22.9 Å². The van der Waals surface area contributed by atoms with Crippen molar-refractivity contribution in [1.82, 2.24) is 15.6 Å². The predicted molar refractivity (Wildman–Crippen MR) is 130 cm³/mol. The van der Waals surface area contributed by atoms with Crippen LogP contribution in [0, 0.1) is 0 Å². The van der Waals surface area contributed by atoms with E-state index in [2.05, 4.69) is 51.1 Å². The van der Waals surface area contributed by atoms with Gasteiger partial charge in [-0.1, -0.05) is 30.3 Å². The molecule has 0 unspecified atom stereocenters. The highest BCUT2D eigenvalue weighted by molar-refractivity contribution is 6.02. The van der Waals surface area contributed by atoms with Crippen molar-refractivity contribution in [3.8, 4) is 28.5 Å². The van der Waals surface area contributed by atoms with Crippen LogP contribution < -0.4 is 19.6 Å². The third-order valence-corrected chi connectivity index (χ3v) is 6.04. The molecule has 3 aromatic carbocycles. The van der Waals surface area contributed by atoms with E-state index in [9.17, 15) is 4.79 Å². The molecule has 5 rings (SSSR count). The molecule has 1 aliphatic carbocycles. The van der Waals surface area contributed by atoms with Gasteiger partial charge in [0.1, 0.15) is 5.69 Å². The van der Waals surface area contributed by atoms with Crippen molar-refractivity contribution in [3.63, 3.8) is 0 Å². The lowest BCUT2D eigenvalue weighted by Gasteiger charge is -2.12. The maximum Gasteiger partial charge on any atom is 0.289 e. The van der Waals surface area contributed by atoms with Gasteiger partial charge in [0.2, 0.25) is 5.75 Å². The molecule has 1 amide bonds. The highest BCUT2D eigenvalue weighted by Gasteiger charge is 2.18. The molecule has 172 valence electrons. The Morgan fingerprint density at radius 1 is 1.00 bits per heavy atom. The third-order valence-electron chi connectivity index (χ3n) is 6.04. The summed E-state index contributed by atoms with van der Waals surface area (Å²) >= 11 is 0. The molecule has 0 spiro atoms. The van der Waals surface area contributed by atoms with Crippen LogP contribution in [0.2, 0.25) is 0 Å². The second-order valence-corrected chi connectivity index (χ2v) is 7.94. The molecular weight excluding hydrogens is 432 g/mol. The lowest BCUT2D eigenvalue weighted by atomic mass is 9.98. The summed E-state index contributed by atoms with van der Waals surface area (Å²) in [6.07, 6.45) is 3.63. The van der Waals surface area contributed by atoms with E-state index in [-0.39, 0.29) is 0 Å². The van der Waals surface area contributed by atoms with Gasteiger partial charge in [-0.25, -0.2) is 5.43 Å². The lowest BCUT2D eigenvalue weighted by molar-refractivity contribution is 0.0950. The average molecular weight is 457 g/mol. The van der Waals surface area contributed by atoms with Crippen molar-refractivity contribution in [2.24, 2.45) is 5.10 Å². The number of aryl methyl sites for hydroxylation is 2. The number of carbonyl (C=O) groups is 1. The monoisotopic (exact) mass is 456 g/mol. The quantitative estimate of drug-likeness (QED) is 0.322. The van der Waals surface area contributed by atoms with E-state index in [1.54, 1.807) is 18.2 Å². The van der Waals surface area contributed by atoms with Crippen molar-refractivity contribution in [2.75, 3.05) is 21.3 Å². The fraction of sp³-hybridized carbons (Fsp3) is 0.192. The van der Waals surface area contributed by atoms with Crippen LogP contribution in [0.3, 0.4) is 0 Å². The molecule has 4 aromatic rings. The van der Waals surface area contributed by atoms with Crippen LogP contribution in [0.5, 0.6) is 17.2 Å². The molecular formula is C26H24N4O4. The van der Waals surface area contributed by atoms with Gasteiger partial charge in [-0.3, -0.25) is 9.89 Å². The number of amides is 1. The number of benzene rings is 3. The first-order chi connectivity index (χ1) is 16.6. The van der Waals surface area contributed by atoms with Crippen LogP contribution in [0.25, 0.3) is 22.0 Å². The second kappa shape index (κ2) is 8.90. The summed E-state index contributed by atoms with van der Waals surface area (Å²) in [7, 11) is 4.62. The van der Waals surface area contributed by atoms with Crippen molar-refractivity contribution in [3.05, 3.63) is 70.9 Å². The first-order valence-electron chi connectivity index (χ1n) is 10.9. The van der Waals surface area contributed by atoms with Crippen LogP contribution in [0.15, 0.2) is 53.6 Å². The Bertz CT molecular complexity index is 1390. The number of ether oxygens (including phenoxy) is 3. The van der Waals surface area contributed by atoms with E-state index < -0.39 is 5.91 Å². The molecule has 0 saturated heterocycles. The summed E-state index contributed by atoms with van der Waals surface area (Å²) in [4.78, 5) is 12.6. The zero-order chi connectivity index (χ0) is 23.7. The first kappa shape index (κ1) is 21.5. The SMILES string of the molecule is COc1cc(/C=N\NC(=O)c2cc(-c3ccc4c5c(cccc35)CC4)n[nH]2)cc(OC)c1OC. The maximum atomic E-state index is 12.6. The Kier molecular flexibility index (Phi) is 5.63. The van der Waals surface area contributed by atoms with E-state index in [0.717, 1.165) is 23.8 Å². The molecule has 0 fully saturated rings. The summed E-state index contributed by atoms with van der Waals surface area (Å²) in [5, 5.41) is 13.7. The molecule has 8 nitrogen and oxygen atoms in total. The molecule has 0 bridgehead atoms. The Morgan fingerprint density at radius 2 is 1.74 bits per heavy atom. The molecule has 1 aliphatic rings. The average Bonchev–Trinajstić information content (AvgIpc) is 3.52. The molecule has 1 heterocycles. The highest BCUT2D eigenvalue weighted by atomic mass is 16.5. The summed E-state index contributed by atoms with van der Waals surface area (Å²) in [6.45, 7) is 0. The standard InChI is InChI=1S/C26H24N4O4/c1-32-22-11-15(12-23(33-2)25(22)34-3)14-27-30-26(31)21-13-20(28-29-21)18-10-9-17-8-7-16-5-4-6-19(18)24(16)17/h4-6,9-14H,7-8H2,1-3H3,(H,28,29)(H,30,31)/b27-14-. The minimum absolute atomic E-state index is 0.320. The van der Waals surface area contributed by atoms with Gasteiger partial charge in [0, 0.05) is 11.1 Å². The van der Waals surface area contributed by atoms with E-state index in [4.69, 9.17) is 14.2 Å². The molecule has 1 aromatic heterocycles. The minimum Gasteiger partial charge on any atom is -0.493 e. The largest absolute Gasteiger partial charge is 0.493 e. The van der Waals surface area contributed by atoms with Gasteiger partial charge in [-0.2, -0.15) is 10.2 Å². The summed E-state index contributed by atoms with van der Waals surface area (Å²) in [5.41, 5.74) is 7.97. The number of nitrogens with one attached hydrogen (secondary N) is 2. The Balaban J connectivity index is 1.35. The summed E-state index contributed by atoms with van der Waals surface area (Å²) in [6, 6.07) is 15.8. The number of hydrogen-bond donors (Lipinski definition) is 2. The Morgan fingerprint density at radius 3 is 2.44 bits per heavy atom. The summed E-state index contributed by atoms with van der Waals surface area (Å²) in [5.74, 6) is 1.09. The van der Waals surface area contributed by atoms with Gasteiger partial charge in [0.05, 0.1) is 33.2 Å². The Hall–Kier alpha value is -4.33. The van der Waals surface area contributed by atoms with Gasteiger partial charge in [0.25, 0.3) is 5.91 Å². The van der Waals surface area contributed by atoms with Crippen molar-refractivity contribution in [2.45, 2.75) is 12.8 Å². The lowest BCUT2D eigenvalue weighted by Crippen LogP contribution is -2.18. The third kappa shape index (κ3) is 3.73. The highest BCUT2D eigenvalue weighted by Crippen LogP contribution is 2.38. The number of H-pyrrole nitrogens is 1. The van der Waals surface area contributed by atoms with Gasteiger partial charge in [-0.15, -0.1) is 0 Å². The molecule has 34 heavy (non-hydrogen) atoms. The van der Waals surface area contributed by atoms with E-state index in [1.165, 1.54) is 44.1 Å². The molecule has 8 heteroatoms. The zero-order valence-corrected chi connectivity index (χ0v) is 19.1. The van der Waals surface area contributed by atoms with E-state index in [1.807, 2.05) is 0 Å². The van der Waals surface area contributed by atoms with Crippen LogP contribution in [0.4, 0.5) is 0 Å². The fourth-order valence-corrected chi connectivity index (χ4v) is 4.45. The molecule has 0 aliphatic heterocycles. The fourth-order valence-electron chi connectivity index (χ4n) is 4.45. The van der Waals surface area contributed by atoms with E-state index in [0.29, 0.717) is 34.2 Å². The van der Waals surface area contributed by atoms with Crippen LogP contribution >= 0.6 is 0 Å². The molecule has 2 N–H and O–H groups in total. The van der Waals surface area contributed by atoms with Gasteiger partial charge in [-0.05, 0) is 52.9 Å².